The average Bonchev–Trinajstić information content (AvgIpc) is 3.38. The minimum Gasteiger partial charge on any atom is -0.361 e. The average molecular weight is 414 g/mol. The van der Waals surface area contributed by atoms with Gasteiger partial charge in [-0.1, -0.05) is 25.7 Å². The number of guanidine groups is 1. The first-order valence-corrected chi connectivity index (χ1v) is 11.4. The largest absolute Gasteiger partial charge is 0.361 e. The highest BCUT2D eigenvalue weighted by Gasteiger charge is 2.16. The predicted octanol–water partition coefficient (Wildman–Crippen LogP) is 0.807. The Labute approximate surface area is 186 Å². The Morgan fingerprint density at radius 3 is 1.72 bits per heavy atom. The molecule has 0 aromatic heterocycles. The molecule has 0 aromatic rings. The summed E-state index contributed by atoms with van der Waals surface area (Å²) in [4.78, 5) is 8.29. The van der Waals surface area contributed by atoms with E-state index in [1.54, 1.807) is 0 Å². The maximum absolute atomic E-state index is 5.53. The fraction of sp³-hybridized carbons (Fsp3) is 0.889. The molecule has 0 amide bonds. The summed E-state index contributed by atoms with van der Waals surface area (Å²) >= 11 is 5.46. The van der Waals surface area contributed by atoms with Gasteiger partial charge in [-0.05, 0) is 50.1 Å². The third-order valence-electron chi connectivity index (χ3n) is 4.85. The summed E-state index contributed by atoms with van der Waals surface area (Å²) in [7, 11) is 14.0. The minimum atomic E-state index is -0.667. The van der Waals surface area contributed by atoms with Crippen molar-refractivity contribution in [2.45, 2.75) is 76.3 Å². The van der Waals surface area contributed by atoms with E-state index >= 15 is 0 Å². The van der Waals surface area contributed by atoms with E-state index in [2.05, 4.69) is 49.1 Å². The summed E-state index contributed by atoms with van der Waals surface area (Å²) in [5, 5.41) is 10.2. The van der Waals surface area contributed by atoms with E-state index in [4.69, 9.17) is 17.3 Å². The van der Waals surface area contributed by atoms with Crippen molar-refractivity contribution < 1.29 is 0 Å². The molecule has 29 heavy (non-hydrogen) atoms. The van der Waals surface area contributed by atoms with Crippen molar-refractivity contribution in [2.75, 3.05) is 26.2 Å². The molecule has 2 fully saturated rings. The van der Waals surface area contributed by atoms with Crippen LogP contribution in [0.25, 0.3) is 0 Å². The molecule has 2 saturated carbocycles. The van der Waals surface area contributed by atoms with Gasteiger partial charge in [0.2, 0.25) is 0 Å². The first kappa shape index (κ1) is 26.3. The third-order valence-corrected chi connectivity index (χ3v) is 5.10. The lowest BCUT2D eigenvalue weighted by Gasteiger charge is -2.19. The van der Waals surface area contributed by atoms with Gasteiger partial charge in [0.05, 0.1) is 0 Å². The van der Waals surface area contributed by atoms with Crippen LogP contribution in [0, 0.1) is 0 Å². The zero-order chi connectivity index (χ0) is 21.3. The number of amidine groups is 1. The van der Waals surface area contributed by atoms with Crippen LogP contribution in [0.5, 0.6) is 0 Å². The van der Waals surface area contributed by atoms with Crippen LogP contribution in [0.15, 0.2) is 9.98 Å². The van der Waals surface area contributed by atoms with E-state index < -0.39 is 6.39 Å². The van der Waals surface area contributed by atoms with Crippen molar-refractivity contribution in [3.63, 3.8) is 0 Å². The second-order valence-corrected chi connectivity index (χ2v) is 8.07. The molecule has 11 heteroatoms. The first-order valence-electron chi connectivity index (χ1n) is 11.0. The highest BCUT2D eigenvalue weighted by atomic mass is 35.5. The molecular weight excluding hydrogens is 379 g/mol. The molecule has 0 aromatic carbocycles. The van der Waals surface area contributed by atoms with Gasteiger partial charge in [-0.25, -0.2) is 0 Å². The zero-order valence-electron chi connectivity index (χ0n) is 17.7. The lowest BCUT2D eigenvalue weighted by atomic mass is 9.08. The minimum absolute atomic E-state index is 0.546. The van der Waals surface area contributed by atoms with Gasteiger partial charge in [-0.3, -0.25) is 9.98 Å². The van der Waals surface area contributed by atoms with Gasteiger partial charge in [0.15, 0.2) is 11.3 Å². The van der Waals surface area contributed by atoms with Crippen molar-refractivity contribution in [3.05, 3.63) is 0 Å². The second kappa shape index (κ2) is 17.0. The Balaban J connectivity index is 0.000000212. The van der Waals surface area contributed by atoms with Crippen LogP contribution >= 0.6 is 11.6 Å². The summed E-state index contributed by atoms with van der Waals surface area (Å²) < 4.78 is 0. The second-order valence-electron chi connectivity index (χ2n) is 7.71. The SMILES string of the molecule is C1CN=C(NC2CCCC2)NC1.ClC1=NCCCN1.NC1CCCC1.[B]B([B])[B]. The number of hydrogen-bond donors (Lipinski definition) is 4. The molecule has 0 spiro atoms. The first-order chi connectivity index (χ1) is 14.0. The number of nitrogens with one attached hydrogen (secondary N) is 3. The lowest BCUT2D eigenvalue weighted by molar-refractivity contribution is 0.598. The zero-order valence-corrected chi connectivity index (χ0v) is 18.5. The normalized spacial score (nSPS) is 21.3. The monoisotopic (exact) mass is 414 g/mol. The van der Waals surface area contributed by atoms with Gasteiger partial charge in [0, 0.05) is 67.9 Å². The predicted molar refractivity (Wildman–Crippen MR) is 131 cm³/mol. The molecule has 2 heterocycles. The molecule has 0 unspecified atom stereocenters. The summed E-state index contributed by atoms with van der Waals surface area (Å²) in [6.45, 7) is 3.93. The highest BCUT2D eigenvalue weighted by molar-refractivity contribution is 7.49. The molecule has 0 bridgehead atoms. The summed E-state index contributed by atoms with van der Waals surface area (Å²) in [6.07, 6.45) is 12.3. The Kier molecular flexibility index (Phi) is 15.4. The van der Waals surface area contributed by atoms with E-state index in [0.717, 1.165) is 38.6 Å². The van der Waals surface area contributed by atoms with Gasteiger partial charge < -0.3 is 21.7 Å². The van der Waals surface area contributed by atoms with Crippen LogP contribution in [-0.2, 0) is 0 Å². The number of aliphatic imine (C=N–C) groups is 2. The summed E-state index contributed by atoms with van der Waals surface area (Å²) in [5.74, 6) is 1.04. The van der Waals surface area contributed by atoms with E-state index in [1.807, 2.05) is 0 Å². The molecule has 2 aliphatic heterocycles. The highest BCUT2D eigenvalue weighted by Crippen LogP contribution is 2.17. The molecule has 156 valence electrons. The van der Waals surface area contributed by atoms with Gasteiger partial charge >= 0.3 is 0 Å². The van der Waals surface area contributed by atoms with E-state index in [1.165, 1.54) is 57.8 Å². The fourth-order valence-corrected chi connectivity index (χ4v) is 3.53. The third kappa shape index (κ3) is 15.7. The number of nitrogens with zero attached hydrogens (tertiary/aromatic N) is 2. The van der Waals surface area contributed by atoms with Crippen molar-refractivity contribution in [1.82, 2.24) is 16.0 Å². The standard InChI is InChI=1S/C9H17N3.C5H11N.C4H7ClN2.B4/c1-2-5-8(4-1)12-9-10-6-3-7-11-9;6-5-3-1-2-4-5;5-4-6-2-1-3-7-4;1-4(2)3/h8H,1-7H2,(H2,10,11,12);5H,1-4,6H2;1-3H2,(H,6,7);. The van der Waals surface area contributed by atoms with Crippen molar-refractivity contribution in [3.8, 4) is 0 Å². The molecule has 2 aliphatic carbocycles. The summed E-state index contributed by atoms with van der Waals surface area (Å²) in [5.41, 5.74) is 5.53. The van der Waals surface area contributed by atoms with Crippen molar-refractivity contribution in [2.24, 2.45) is 15.7 Å². The molecular formula is C18H35B4ClN6. The number of hydrogen-bond acceptors (Lipinski definition) is 6. The molecule has 0 atom stereocenters. The van der Waals surface area contributed by atoms with E-state index in [9.17, 15) is 0 Å². The quantitative estimate of drug-likeness (QED) is 0.378. The lowest BCUT2D eigenvalue weighted by Crippen LogP contribution is -2.44. The molecule has 4 aliphatic rings. The Morgan fingerprint density at radius 1 is 0.862 bits per heavy atom. The Hall–Kier alpha value is -0.750. The van der Waals surface area contributed by atoms with Crippen LogP contribution < -0.4 is 21.7 Å². The summed E-state index contributed by atoms with van der Waals surface area (Å²) in [6, 6.07) is 1.24. The van der Waals surface area contributed by atoms with Crippen LogP contribution in [0.2, 0.25) is 0 Å². The maximum Gasteiger partial charge on any atom is 0.191 e. The topological polar surface area (TPSA) is 86.8 Å². The van der Waals surface area contributed by atoms with Crippen molar-refractivity contribution >= 4 is 52.5 Å². The fourth-order valence-electron chi connectivity index (χ4n) is 3.35. The Morgan fingerprint density at radius 2 is 1.38 bits per heavy atom. The molecule has 6 nitrogen and oxygen atoms in total. The van der Waals surface area contributed by atoms with Gasteiger partial charge in [0.25, 0.3) is 0 Å². The van der Waals surface area contributed by atoms with Crippen LogP contribution in [0.1, 0.15) is 64.2 Å². The number of nitrogens with two attached hydrogens (primary N) is 1. The molecule has 4 rings (SSSR count). The molecule has 5 N–H and O–H groups in total. The molecule has 0 saturated heterocycles. The van der Waals surface area contributed by atoms with Gasteiger partial charge in [0.1, 0.15) is 0 Å². The Bertz CT molecular complexity index is 467. The van der Waals surface area contributed by atoms with E-state index in [0.29, 0.717) is 17.4 Å². The van der Waals surface area contributed by atoms with Crippen LogP contribution in [0.3, 0.4) is 0 Å². The van der Waals surface area contributed by atoms with E-state index in [-0.39, 0.29) is 0 Å². The van der Waals surface area contributed by atoms with Gasteiger partial charge in [-0.2, -0.15) is 0 Å². The number of rotatable bonds is 1. The van der Waals surface area contributed by atoms with Crippen LogP contribution in [0.4, 0.5) is 0 Å². The maximum atomic E-state index is 5.53. The van der Waals surface area contributed by atoms with Crippen LogP contribution in [-0.4, -0.2) is 79.1 Å². The van der Waals surface area contributed by atoms with Crippen molar-refractivity contribution in [1.29, 1.82) is 0 Å². The smallest absolute Gasteiger partial charge is 0.191 e. The molecule has 6 radical (unpaired) electrons. The number of halogens is 1. The van der Waals surface area contributed by atoms with Gasteiger partial charge in [-0.15, -0.1) is 0 Å².